The number of ether oxygens (including phenoxy) is 1. The minimum atomic E-state index is -0.418. The number of nitrogens with one attached hydrogen (secondary N) is 3. The lowest BCUT2D eigenvalue weighted by molar-refractivity contribution is -0.118. The number of benzene rings is 1. The Balaban J connectivity index is 1.79. The normalized spacial score (nSPS) is 10.2. The van der Waals surface area contributed by atoms with Crippen LogP contribution in [0.1, 0.15) is 13.3 Å². The molecule has 0 fully saturated rings. The largest absolute Gasteiger partial charge is 0.497 e. The van der Waals surface area contributed by atoms with Gasteiger partial charge in [-0.25, -0.2) is 4.79 Å². The van der Waals surface area contributed by atoms with Crippen molar-refractivity contribution >= 4 is 45.9 Å². The quantitative estimate of drug-likeness (QED) is 0.480. The molecule has 2 aromatic rings. The van der Waals surface area contributed by atoms with Crippen LogP contribution in [0.3, 0.4) is 0 Å². The Morgan fingerprint density at radius 3 is 2.64 bits per heavy atom. The summed E-state index contributed by atoms with van der Waals surface area (Å²) in [6, 6.07) is 6.54. The van der Waals surface area contributed by atoms with Gasteiger partial charge in [-0.1, -0.05) is 30.0 Å². The van der Waals surface area contributed by atoms with Crippen LogP contribution in [0.25, 0.3) is 0 Å². The standard InChI is InChI=1S/C15H19N5O3S2/c1-3-8-16-12(21)9-24-15-20-19-14(25-15)18-13(22)17-10-4-6-11(23-2)7-5-10/h4-7H,3,8-9H2,1-2H3,(H,16,21)(H2,17,18,19,22). The number of urea groups is 1. The second kappa shape index (κ2) is 9.84. The molecule has 1 aromatic carbocycles. The lowest BCUT2D eigenvalue weighted by Gasteiger charge is -2.05. The van der Waals surface area contributed by atoms with Gasteiger partial charge < -0.3 is 15.4 Å². The van der Waals surface area contributed by atoms with E-state index in [9.17, 15) is 9.59 Å². The minimum Gasteiger partial charge on any atom is -0.497 e. The minimum absolute atomic E-state index is 0.0474. The number of hydrogen-bond donors (Lipinski definition) is 3. The van der Waals surface area contributed by atoms with Crippen LogP contribution in [0.5, 0.6) is 5.75 Å². The molecule has 25 heavy (non-hydrogen) atoms. The molecule has 0 aliphatic carbocycles. The lowest BCUT2D eigenvalue weighted by atomic mass is 10.3. The average Bonchev–Trinajstić information content (AvgIpc) is 3.06. The fraction of sp³-hybridized carbons (Fsp3) is 0.333. The van der Waals surface area contributed by atoms with Crippen molar-refractivity contribution in [3.05, 3.63) is 24.3 Å². The topological polar surface area (TPSA) is 105 Å². The van der Waals surface area contributed by atoms with E-state index in [0.717, 1.165) is 6.42 Å². The van der Waals surface area contributed by atoms with E-state index in [-0.39, 0.29) is 11.7 Å². The molecule has 0 saturated carbocycles. The number of anilines is 2. The molecule has 1 aromatic heterocycles. The number of thioether (sulfide) groups is 1. The lowest BCUT2D eigenvalue weighted by Crippen LogP contribution is -2.25. The van der Waals surface area contributed by atoms with Crippen LogP contribution in [-0.4, -0.2) is 41.5 Å². The third kappa shape index (κ3) is 6.59. The molecule has 0 saturated heterocycles. The highest BCUT2D eigenvalue weighted by Gasteiger charge is 2.10. The van der Waals surface area contributed by atoms with Crippen molar-refractivity contribution in [1.29, 1.82) is 0 Å². The van der Waals surface area contributed by atoms with Gasteiger partial charge in [-0.2, -0.15) is 0 Å². The van der Waals surface area contributed by atoms with Crippen molar-refractivity contribution < 1.29 is 14.3 Å². The first-order valence-corrected chi connectivity index (χ1v) is 9.36. The second-order valence-corrected chi connectivity index (χ2v) is 7.02. The van der Waals surface area contributed by atoms with Crippen molar-refractivity contribution in [3.63, 3.8) is 0 Å². The zero-order valence-electron chi connectivity index (χ0n) is 13.9. The van der Waals surface area contributed by atoms with Crippen LogP contribution in [0.15, 0.2) is 28.6 Å². The van der Waals surface area contributed by atoms with Gasteiger partial charge in [0.15, 0.2) is 4.34 Å². The molecule has 0 bridgehead atoms. The highest BCUT2D eigenvalue weighted by molar-refractivity contribution is 8.01. The molecular formula is C15H19N5O3S2. The maximum Gasteiger partial charge on any atom is 0.325 e. The first-order chi connectivity index (χ1) is 12.1. The van der Waals surface area contributed by atoms with E-state index in [1.54, 1.807) is 31.4 Å². The van der Waals surface area contributed by atoms with E-state index in [1.165, 1.54) is 23.1 Å². The monoisotopic (exact) mass is 381 g/mol. The highest BCUT2D eigenvalue weighted by atomic mass is 32.2. The van der Waals surface area contributed by atoms with Gasteiger partial charge in [-0.3, -0.25) is 10.1 Å². The summed E-state index contributed by atoms with van der Waals surface area (Å²) in [5, 5.41) is 16.3. The third-order valence-electron chi connectivity index (χ3n) is 2.87. The van der Waals surface area contributed by atoms with E-state index < -0.39 is 6.03 Å². The Kier molecular flexibility index (Phi) is 7.48. The molecule has 0 unspecified atom stereocenters. The SMILES string of the molecule is CCCNC(=O)CSc1nnc(NC(=O)Nc2ccc(OC)cc2)s1. The van der Waals surface area contributed by atoms with Crippen LogP contribution in [0.4, 0.5) is 15.6 Å². The van der Waals surface area contributed by atoms with Gasteiger partial charge in [0, 0.05) is 12.2 Å². The van der Waals surface area contributed by atoms with Crippen LogP contribution in [0, 0.1) is 0 Å². The maximum atomic E-state index is 11.9. The van der Waals surface area contributed by atoms with Crippen LogP contribution in [-0.2, 0) is 4.79 Å². The molecule has 3 amide bonds. The number of carbonyl (C=O) groups excluding carboxylic acids is 2. The van der Waals surface area contributed by atoms with Crippen molar-refractivity contribution in [3.8, 4) is 5.75 Å². The molecule has 0 spiro atoms. The number of methoxy groups -OCH3 is 1. The van der Waals surface area contributed by atoms with Crippen molar-refractivity contribution in [2.45, 2.75) is 17.7 Å². The Morgan fingerprint density at radius 1 is 1.20 bits per heavy atom. The van der Waals surface area contributed by atoms with Gasteiger partial charge in [-0.15, -0.1) is 10.2 Å². The van der Waals surface area contributed by atoms with Crippen molar-refractivity contribution in [2.24, 2.45) is 0 Å². The zero-order chi connectivity index (χ0) is 18.1. The molecule has 8 nitrogen and oxygen atoms in total. The van der Waals surface area contributed by atoms with Gasteiger partial charge >= 0.3 is 6.03 Å². The molecule has 1 heterocycles. The van der Waals surface area contributed by atoms with Gasteiger partial charge in [-0.05, 0) is 30.7 Å². The summed E-state index contributed by atoms with van der Waals surface area (Å²) in [6.07, 6.45) is 0.895. The maximum absolute atomic E-state index is 11.9. The smallest absolute Gasteiger partial charge is 0.325 e. The Morgan fingerprint density at radius 2 is 1.96 bits per heavy atom. The molecule has 0 radical (unpaired) electrons. The Hall–Kier alpha value is -2.33. The molecule has 134 valence electrons. The first kappa shape index (κ1) is 19.0. The summed E-state index contributed by atoms with van der Waals surface area (Å²) >= 11 is 2.49. The van der Waals surface area contributed by atoms with Gasteiger partial charge in [0.2, 0.25) is 11.0 Å². The summed E-state index contributed by atoms with van der Waals surface area (Å²) in [5.74, 6) is 0.931. The zero-order valence-corrected chi connectivity index (χ0v) is 15.5. The predicted molar refractivity (Wildman–Crippen MR) is 99.6 cm³/mol. The van der Waals surface area contributed by atoms with Gasteiger partial charge in [0.05, 0.1) is 12.9 Å². The number of amides is 3. The van der Waals surface area contributed by atoms with Crippen LogP contribution < -0.4 is 20.7 Å². The first-order valence-electron chi connectivity index (χ1n) is 7.55. The summed E-state index contributed by atoms with van der Waals surface area (Å²) in [7, 11) is 1.58. The highest BCUT2D eigenvalue weighted by Crippen LogP contribution is 2.25. The third-order valence-corrected chi connectivity index (χ3v) is 4.85. The summed E-state index contributed by atoms with van der Waals surface area (Å²) in [4.78, 5) is 23.5. The molecule has 2 rings (SSSR count). The van der Waals surface area contributed by atoms with Crippen molar-refractivity contribution in [2.75, 3.05) is 30.0 Å². The van der Waals surface area contributed by atoms with Crippen molar-refractivity contribution in [1.82, 2.24) is 15.5 Å². The summed E-state index contributed by atoms with van der Waals surface area (Å²) < 4.78 is 5.68. The number of carbonyl (C=O) groups is 2. The van der Waals surface area contributed by atoms with Crippen LogP contribution >= 0.6 is 23.1 Å². The van der Waals surface area contributed by atoms with E-state index in [0.29, 0.717) is 27.5 Å². The second-order valence-electron chi connectivity index (χ2n) is 4.82. The Bertz CT molecular complexity index is 705. The Labute approximate surface area is 153 Å². The van der Waals surface area contributed by atoms with E-state index in [1.807, 2.05) is 6.92 Å². The molecule has 3 N–H and O–H groups in total. The fourth-order valence-corrected chi connectivity index (χ4v) is 3.27. The van der Waals surface area contributed by atoms with Crippen LogP contribution in [0.2, 0.25) is 0 Å². The van der Waals surface area contributed by atoms with E-state index in [2.05, 4.69) is 26.1 Å². The summed E-state index contributed by atoms with van der Waals surface area (Å²) in [5.41, 5.74) is 0.630. The number of rotatable bonds is 8. The summed E-state index contributed by atoms with van der Waals surface area (Å²) in [6.45, 7) is 2.65. The molecule has 0 aliphatic rings. The fourth-order valence-electron chi connectivity index (χ4n) is 1.70. The average molecular weight is 381 g/mol. The predicted octanol–water partition coefficient (Wildman–Crippen LogP) is 2.81. The molecular weight excluding hydrogens is 362 g/mol. The van der Waals surface area contributed by atoms with E-state index in [4.69, 9.17) is 4.74 Å². The van der Waals surface area contributed by atoms with Gasteiger partial charge in [0.1, 0.15) is 5.75 Å². The van der Waals surface area contributed by atoms with E-state index >= 15 is 0 Å². The molecule has 0 aliphatic heterocycles. The number of nitrogens with zero attached hydrogens (tertiary/aromatic N) is 2. The molecule has 0 atom stereocenters. The van der Waals surface area contributed by atoms with Gasteiger partial charge in [0.25, 0.3) is 0 Å². The number of aromatic nitrogens is 2. The number of hydrogen-bond acceptors (Lipinski definition) is 7. The molecule has 10 heteroatoms.